The summed E-state index contributed by atoms with van der Waals surface area (Å²) in [7, 11) is 0. The fourth-order valence-electron chi connectivity index (χ4n) is 3.40. The second-order valence-corrected chi connectivity index (χ2v) is 8.95. The third kappa shape index (κ3) is 6.98. The zero-order valence-corrected chi connectivity index (χ0v) is 20.7. The molecule has 0 N–H and O–H groups in total. The predicted molar refractivity (Wildman–Crippen MR) is 138 cm³/mol. The Morgan fingerprint density at radius 2 is 1.44 bits per heavy atom. The molecule has 0 aliphatic heterocycles. The van der Waals surface area contributed by atoms with Crippen LogP contribution in [0.1, 0.15) is 40.2 Å². The monoisotopic (exact) mass is 458 g/mol. The van der Waals surface area contributed by atoms with Gasteiger partial charge in [0, 0.05) is 0 Å². The number of ether oxygens (including phenoxy) is 3. The topological polar surface area (TPSA) is 44.8 Å². The Bertz CT molecular complexity index is 1080. The minimum atomic E-state index is -1.05. The van der Waals surface area contributed by atoms with E-state index in [0.717, 1.165) is 11.3 Å². The lowest BCUT2D eigenvalue weighted by Crippen LogP contribution is -2.39. The third-order valence-electron chi connectivity index (χ3n) is 5.48. The summed E-state index contributed by atoms with van der Waals surface area (Å²) in [6.07, 6.45) is 2.19. The molecule has 0 atom stereocenters. The van der Waals surface area contributed by atoms with Gasteiger partial charge in [-0.05, 0) is 73.2 Å². The molecule has 3 aromatic carbocycles. The Kier molecular flexibility index (Phi) is 8.53. The van der Waals surface area contributed by atoms with E-state index in [4.69, 9.17) is 14.2 Å². The average molecular weight is 459 g/mol. The van der Waals surface area contributed by atoms with Crippen molar-refractivity contribution in [1.29, 1.82) is 0 Å². The van der Waals surface area contributed by atoms with E-state index in [0.29, 0.717) is 24.9 Å². The molecule has 0 spiro atoms. The molecule has 4 heteroatoms. The summed E-state index contributed by atoms with van der Waals surface area (Å²) in [4.78, 5) is 12.0. The Labute approximate surface area is 203 Å². The normalized spacial score (nSPS) is 11.9. The van der Waals surface area contributed by atoms with Gasteiger partial charge in [0.05, 0.1) is 6.61 Å². The molecular weight excluding hydrogens is 424 g/mol. The first-order valence-electron chi connectivity index (χ1n) is 11.7. The van der Waals surface area contributed by atoms with Crippen molar-refractivity contribution in [2.24, 2.45) is 5.92 Å². The first kappa shape index (κ1) is 25.1. The van der Waals surface area contributed by atoms with Gasteiger partial charge in [0.25, 0.3) is 0 Å². The average Bonchev–Trinajstić information content (AvgIpc) is 2.83. The number of benzene rings is 3. The van der Waals surface area contributed by atoms with Crippen molar-refractivity contribution >= 4 is 12.0 Å². The molecular formula is C30H34O4. The van der Waals surface area contributed by atoms with Crippen LogP contribution in [-0.4, -0.2) is 24.8 Å². The van der Waals surface area contributed by atoms with Crippen LogP contribution in [0.2, 0.25) is 0 Å². The summed E-state index contributed by atoms with van der Waals surface area (Å²) in [5.74, 6) is 1.29. The lowest BCUT2D eigenvalue weighted by Gasteiger charge is -2.24. The molecule has 0 fully saturated rings. The fourth-order valence-corrected chi connectivity index (χ4v) is 3.40. The van der Waals surface area contributed by atoms with E-state index in [1.165, 1.54) is 16.7 Å². The van der Waals surface area contributed by atoms with Gasteiger partial charge >= 0.3 is 5.97 Å². The van der Waals surface area contributed by atoms with E-state index in [1.54, 1.807) is 32.9 Å². The Morgan fingerprint density at radius 1 is 0.853 bits per heavy atom. The van der Waals surface area contributed by atoms with Gasteiger partial charge in [0.1, 0.15) is 18.1 Å². The second-order valence-electron chi connectivity index (χ2n) is 8.95. The largest absolute Gasteiger partial charge is 0.489 e. The summed E-state index contributed by atoms with van der Waals surface area (Å²) in [6, 6.07) is 26.3. The molecule has 0 radical (unpaired) electrons. The quantitative estimate of drug-likeness (QED) is 0.302. The summed E-state index contributed by atoms with van der Waals surface area (Å²) >= 11 is 0. The van der Waals surface area contributed by atoms with E-state index in [9.17, 15) is 4.79 Å². The minimum absolute atomic E-state index is 0.321. The first-order chi connectivity index (χ1) is 16.3. The van der Waals surface area contributed by atoms with E-state index in [-0.39, 0.29) is 5.97 Å². The van der Waals surface area contributed by atoms with Crippen molar-refractivity contribution in [2.45, 2.75) is 40.2 Å². The maximum atomic E-state index is 12.0. The zero-order valence-electron chi connectivity index (χ0n) is 20.7. The van der Waals surface area contributed by atoms with Crippen LogP contribution in [0, 0.1) is 5.92 Å². The number of carbonyl (C=O) groups is 1. The highest BCUT2D eigenvalue weighted by atomic mass is 16.6. The van der Waals surface area contributed by atoms with Gasteiger partial charge in [0.15, 0.2) is 5.60 Å². The molecule has 0 saturated heterocycles. The molecule has 3 aromatic rings. The summed E-state index contributed by atoms with van der Waals surface area (Å²) in [5.41, 5.74) is 3.72. The van der Waals surface area contributed by atoms with Crippen molar-refractivity contribution in [3.63, 3.8) is 0 Å². The van der Waals surface area contributed by atoms with E-state index < -0.39 is 5.60 Å². The first-order valence-corrected chi connectivity index (χ1v) is 11.7. The lowest BCUT2D eigenvalue weighted by molar-refractivity contribution is -0.158. The van der Waals surface area contributed by atoms with Crippen molar-refractivity contribution in [3.05, 3.63) is 90.0 Å². The molecule has 0 amide bonds. The highest BCUT2D eigenvalue weighted by Gasteiger charge is 2.31. The van der Waals surface area contributed by atoms with Gasteiger partial charge in [0.2, 0.25) is 0 Å². The van der Waals surface area contributed by atoms with Crippen LogP contribution in [-0.2, 0) is 9.53 Å². The van der Waals surface area contributed by atoms with Gasteiger partial charge in [-0.15, -0.1) is 0 Å². The van der Waals surface area contributed by atoms with Crippen LogP contribution < -0.4 is 9.47 Å². The third-order valence-corrected chi connectivity index (χ3v) is 5.48. The smallest absolute Gasteiger partial charge is 0.349 e. The van der Waals surface area contributed by atoms with Gasteiger partial charge in [-0.3, -0.25) is 0 Å². The second kappa shape index (κ2) is 11.6. The van der Waals surface area contributed by atoms with Gasteiger partial charge in [-0.2, -0.15) is 0 Å². The van der Waals surface area contributed by atoms with Crippen LogP contribution >= 0.6 is 0 Å². The van der Waals surface area contributed by atoms with Crippen LogP contribution in [0.3, 0.4) is 0 Å². The van der Waals surface area contributed by atoms with E-state index in [2.05, 4.69) is 68.5 Å². The predicted octanol–water partition coefficient (Wildman–Crippen LogP) is 7.19. The van der Waals surface area contributed by atoms with Crippen molar-refractivity contribution < 1.29 is 19.0 Å². The number of carbonyl (C=O) groups excluding carboxylic acids is 1. The highest BCUT2D eigenvalue weighted by Crippen LogP contribution is 2.25. The van der Waals surface area contributed by atoms with Crippen LogP contribution in [0.5, 0.6) is 11.5 Å². The maximum absolute atomic E-state index is 12.0. The van der Waals surface area contributed by atoms with Gasteiger partial charge in [-0.25, -0.2) is 4.79 Å². The molecule has 0 aliphatic rings. The molecule has 0 aromatic heterocycles. The number of rotatable bonds is 10. The van der Waals surface area contributed by atoms with Gasteiger partial charge < -0.3 is 14.2 Å². The Hall–Kier alpha value is -3.53. The lowest BCUT2D eigenvalue weighted by atomic mass is 9.99. The zero-order chi connectivity index (χ0) is 24.6. The molecule has 0 saturated carbocycles. The van der Waals surface area contributed by atoms with Gasteiger partial charge in [-0.1, -0.05) is 74.5 Å². The Balaban J connectivity index is 1.63. The van der Waals surface area contributed by atoms with Crippen molar-refractivity contribution in [2.75, 3.05) is 13.2 Å². The SMILES string of the molecule is CCOC(=O)C(C)(C)Oc1ccc(OCC(=Cc2ccc(-c3ccccc3)cc2)C(C)C)cc1. The highest BCUT2D eigenvalue weighted by molar-refractivity contribution is 5.79. The number of esters is 1. The molecule has 34 heavy (non-hydrogen) atoms. The van der Waals surface area contributed by atoms with Crippen LogP contribution in [0.15, 0.2) is 84.4 Å². The van der Waals surface area contributed by atoms with Crippen molar-refractivity contribution in [1.82, 2.24) is 0 Å². The van der Waals surface area contributed by atoms with Crippen LogP contribution in [0.25, 0.3) is 17.2 Å². The Morgan fingerprint density at radius 3 is 2.03 bits per heavy atom. The van der Waals surface area contributed by atoms with E-state index in [1.807, 2.05) is 18.2 Å². The summed E-state index contributed by atoms with van der Waals surface area (Å²) < 4.78 is 16.9. The van der Waals surface area contributed by atoms with Crippen LogP contribution in [0.4, 0.5) is 0 Å². The fraction of sp³-hybridized carbons (Fsp3) is 0.300. The van der Waals surface area contributed by atoms with Crippen molar-refractivity contribution in [3.8, 4) is 22.6 Å². The molecule has 0 aliphatic carbocycles. The summed E-state index contributed by atoms with van der Waals surface area (Å²) in [6.45, 7) is 10.3. The van der Waals surface area contributed by atoms with E-state index >= 15 is 0 Å². The molecule has 0 unspecified atom stereocenters. The molecule has 3 rings (SSSR count). The molecule has 0 bridgehead atoms. The molecule has 0 heterocycles. The molecule has 178 valence electrons. The number of hydrogen-bond donors (Lipinski definition) is 0. The molecule has 4 nitrogen and oxygen atoms in total. The minimum Gasteiger partial charge on any atom is -0.489 e. The standard InChI is InChI=1S/C30H34O4/c1-6-32-29(31)30(4,5)34-28-18-16-27(17-19-28)33-21-26(22(2)3)20-23-12-14-25(15-13-23)24-10-8-7-9-11-24/h7-20,22H,6,21H2,1-5H3. The summed E-state index contributed by atoms with van der Waals surface area (Å²) in [5, 5.41) is 0. The number of hydrogen-bond acceptors (Lipinski definition) is 4. The maximum Gasteiger partial charge on any atom is 0.349 e.